The van der Waals surface area contributed by atoms with Crippen LogP contribution in [0.25, 0.3) is 0 Å². The molecule has 0 aromatic heterocycles. The van der Waals surface area contributed by atoms with E-state index in [9.17, 15) is 8.42 Å². The van der Waals surface area contributed by atoms with Crippen LogP contribution in [0.1, 0.15) is 76.8 Å². The summed E-state index contributed by atoms with van der Waals surface area (Å²) in [6, 6.07) is 7.63. The summed E-state index contributed by atoms with van der Waals surface area (Å²) < 4.78 is 32.3. The van der Waals surface area contributed by atoms with Crippen molar-refractivity contribution in [3.63, 3.8) is 0 Å². The molecule has 0 spiro atoms. The van der Waals surface area contributed by atoms with Crippen molar-refractivity contribution < 1.29 is 8.42 Å². The fourth-order valence-electron chi connectivity index (χ4n) is 2.46. The van der Waals surface area contributed by atoms with Crippen LogP contribution in [0.3, 0.4) is 0 Å². The number of halogens is 4. The summed E-state index contributed by atoms with van der Waals surface area (Å²) >= 11 is 19.3. The molecule has 35 heavy (non-hydrogen) atoms. The second kappa shape index (κ2) is 13.6. The van der Waals surface area contributed by atoms with Gasteiger partial charge in [-0.15, -0.1) is 0 Å². The zero-order chi connectivity index (χ0) is 27.3. The van der Waals surface area contributed by atoms with E-state index in [2.05, 4.69) is 41.0 Å². The summed E-state index contributed by atoms with van der Waals surface area (Å²) in [5, 5.41) is 1.35. The van der Waals surface area contributed by atoms with Gasteiger partial charge in [-0.05, 0) is 91.1 Å². The van der Waals surface area contributed by atoms with E-state index in [1.54, 1.807) is 6.21 Å². The molecule has 0 bridgehead atoms. The van der Waals surface area contributed by atoms with Crippen LogP contribution in [-0.2, 0) is 22.0 Å². The van der Waals surface area contributed by atoms with Gasteiger partial charge in [0.25, 0.3) is 0 Å². The lowest BCUT2D eigenvalue weighted by molar-refractivity contribution is 0.616. The maximum atomic E-state index is 12.1. The smallest absolute Gasteiger partial charge is 0.144 e. The standard InChI is InChI=1S/C13H19BrClNOS.C12H15BrClNOS/c1-8-11(14)7-6-10(12(8)15)9(2)16-18(17)13(3,4)5;1-8-10(13)6-5-9(11(8)14)7-15-17(16)12(2,3)4/h6-7,9,16H,1-5H3;5-7H,1-4H3/t9-,18+;17-/m10/s1. The summed E-state index contributed by atoms with van der Waals surface area (Å²) in [6.45, 7) is 17.3. The Bertz CT molecular complexity index is 1130. The van der Waals surface area contributed by atoms with Crippen LogP contribution in [0.2, 0.25) is 10.0 Å². The molecular weight excluding hydrogens is 655 g/mol. The first-order valence-corrected chi connectivity index (χ1v) is 15.5. The number of hydrogen-bond donors (Lipinski definition) is 1. The molecule has 4 nitrogen and oxygen atoms in total. The second-order valence-electron chi connectivity index (χ2n) is 9.97. The van der Waals surface area contributed by atoms with E-state index in [0.717, 1.165) is 36.2 Å². The van der Waals surface area contributed by atoms with Crippen molar-refractivity contribution in [2.45, 2.75) is 77.8 Å². The minimum atomic E-state index is -1.26. The van der Waals surface area contributed by atoms with E-state index in [1.807, 2.05) is 86.6 Å². The summed E-state index contributed by atoms with van der Waals surface area (Å²) in [4.78, 5) is 0. The van der Waals surface area contributed by atoms with Gasteiger partial charge in [0.2, 0.25) is 0 Å². The Morgan fingerprint density at radius 1 is 0.886 bits per heavy atom. The molecule has 196 valence electrons. The molecule has 0 saturated carbocycles. The Kier molecular flexibility index (Phi) is 12.8. The molecule has 2 rings (SSSR count). The molecule has 1 N–H and O–H groups in total. The molecule has 0 aliphatic heterocycles. The Morgan fingerprint density at radius 3 is 1.86 bits per heavy atom. The van der Waals surface area contributed by atoms with Crippen LogP contribution in [0.15, 0.2) is 37.6 Å². The topological polar surface area (TPSA) is 58.5 Å². The van der Waals surface area contributed by atoms with Gasteiger partial charge in [-0.2, -0.15) is 4.40 Å². The average Bonchev–Trinajstić information content (AvgIpc) is 2.74. The molecule has 0 fully saturated rings. The highest BCUT2D eigenvalue weighted by Crippen LogP contribution is 2.32. The molecule has 3 atom stereocenters. The lowest BCUT2D eigenvalue weighted by atomic mass is 10.1. The van der Waals surface area contributed by atoms with E-state index in [0.29, 0.717) is 5.02 Å². The monoisotopic (exact) mass is 686 g/mol. The summed E-state index contributed by atoms with van der Waals surface area (Å²) in [5.41, 5.74) is 3.71. The molecule has 2 aromatic carbocycles. The van der Waals surface area contributed by atoms with Crippen molar-refractivity contribution in [2.24, 2.45) is 4.40 Å². The zero-order valence-corrected chi connectivity index (χ0v) is 27.9. The third kappa shape index (κ3) is 9.95. The van der Waals surface area contributed by atoms with Crippen LogP contribution in [-0.4, -0.2) is 24.1 Å². The molecule has 0 saturated heterocycles. The predicted molar refractivity (Wildman–Crippen MR) is 163 cm³/mol. The van der Waals surface area contributed by atoms with Gasteiger partial charge in [0, 0.05) is 31.8 Å². The van der Waals surface area contributed by atoms with Crippen LogP contribution in [0.4, 0.5) is 0 Å². The highest BCUT2D eigenvalue weighted by molar-refractivity contribution is 9.10. The predicted octanol–water partition coefficient (Wildman–Crippen LogP) is 8.82. The quantitative estimate of drug-likeness (QED) is 0.319. The van der Waals surface area contributed by atoms with Crippen molar-refractivity contribution in [1.29, 1.82) is 0 Å². The molecule has 0 aliphatic carbocycles. The van der Waals surface area contributed by atoms with Gasteiger partial charge in [-0.1, -0.05) is 67.2 Å². The van der Waals surface area contributed by atoms with Gasteiger partial charge in [0.05, 0.1) is 25.5 Å². The first-order chi connectivity index (χ1) is 15.9. The lowest BCUT2D eigenvalue weighted by Crippen LogP contribution is -2.34. The van der Waals surface area contributed by atoms with Gasteiger partial charge < -0.3 is 0 Å². The van der Waals surface area contributed by atoms with Gasteiger partial charge in [-0.25, -0.2) is 13.1 Å². The largest absolute Gasteiger partial charge is 0.242 e. The van der Waals surface area contributed by atoms with Crippen LogP contribution < -0.4 is 4.72 Å². The van der Waals surface area contributed by atoms with Crippen LogP contribution >= 0.6 is 55.1 Å². The zero-order valence-electron chi connectivity index (χ0n) is 21.6. The second-order valence-corrected chi connectivity index (χ2v) is 16.4. The average molecular weight is 689 g/mol. The number of hydrogen-bond acceptors (Lipinski definition) is 2. The summed E-state index contributed by atoms with van der Waals surface area (Å²) in [5.74, 6) is 0. The highest BCUT2D eigenvalue weighted by atomic mass is 79.9. The molecule has 0 unspecified atom stereocenters. The lowest BCUT2D eigenvalue weighted by Gasteiger charge is -2.23. The van der Waals surface area contributed by atoms with Crippen molar-refractivity contribution in [1.82, 2.24) is 4.72 Å². The maximum absolute atomic E-state index is 12.1. The summed E-state index contributed by atoms with van der Waals surface area (Å²) in [7, 11) is -2.37. The molecule has 2 aromatic rings. The van der Waals surface area contributed by atoms with Gasteiger partial charge in [-0.3, -0.25) is 0 Å². The number of benzene rings is 2. The third-order valence-electron chi connectivity index (χ3n) is 4.82. The Balaban J connectivity index is 0.000000351. The maximum Gasteiger partial charge on any atom is 0.144 e. The third-order valence-corrected chi connectivity index (χ3v) is 10.6. The van der Waals surface area contributed by atoms with Crippen molar-refractivity contribution in [3.05, 3.63) is 65.5 Å². The van der Waals surface area contributed by atoms with Crippen molar-refractivity contribution in [3.8, 4) is 0 Å². The first kappa shape index (κ1) is 32.9. The fraction of sp³-hybridized carbons (Fsp3) is 0.480. The normalized spacial score (nSPS) is 14.9. The Hall–Kier alpha value is -0.0900. The molecular formula is C25H34Br2Cl2N2O2S2. The number of rotatable bonds is 5. The van der Waals surface area contributed by atoms with E-state index in [-0.39, 0.29) is 15.5 Å². The van der Waals surface area contributed by atoms with E-state index in [4.69, 9.17) is 23.2 Å². The minimum absolute atomic E-state index is 0.0515. The van der Waals surface area contributed by atoms with E-state index < -0.39 is 22.0 Å². The first-order valence-electron chi connectivity index (χ1n) is 10.9. The van der Waals surface area contributed by atoms with Gasteiger partial charge in [0.1, 0.15) is 11.0 Å². The van der Waals surface area contributed by atoms with Crippen LogP contribution in [0.5, 0.6) is 0 Å². The molecule has 0 aliphatic rings. The highest BCUT2D eigenvalue weighted by Gasteiger charge is 2.23. The SMILES string of the molecule is Cc1c(Br)ccc(C=N[S@@](=O)C(C)(C)C)c1Cl.Cc1c(Br)ccc([C@@H](C)N[S@@](=O)C(C)(C)C)c1Cl. The molecule has 0 amide bonds. The van der Waals surface area contributed by atoms with Gasteiger partial charge in [0.15, 0.2) is 0 Å². The molecule has 0 radical (unpaired) electrons. The van der Waals surface area contributed by atoms with Crippen LogP contribution in [0, 0.1) is 13.8 Å². The Labute approximate surface area is 242 Å². The summed E-state index contributed by atoms with van der Waals surface area (Å²) in [6.07, 6.45) is 1.57. The van der Waals surface area contributed by atoms with E-state index in [1.165, 1.54) is 0 Å². The molecule has 10 heteroatoms. The van der Waals surface area contributed by atoms with Gasteiger partial charge >= 0.3 is 0 Å². The van der Waals surface area contributed by atoms with Crippen molar-refractivity contribution in [2.75, 3.05) is 0 Å². The van der Waals surface area contributed by atoms with Crippen molar-refractivity contribution >= 4 is 83.2 Å². The fourth-order valence-corrected chi connectivity index (χ4v) is 5.22. The molecule has 0 heterocycles. The Morgan fingerprint density at radius 2 is 1.37 bits per heavy atom. The number of nitrogens with zero attached hydrogens (tertiary/aromatic N) is 1. The van der Waals surface area contributed by atoms with E-state index >= 15 is 0 Å². The minimum Gasteiger partial charge on any atom is -0.242 e. The number of nitrogens with one attached hydrogen (secondary N) is 1.